The highest BCUT2D eigenvalue weighted by Crippen LogP contribution is 2.19. The second kappa shape index (κ2) is 10.2. The molecule has 0 bridgehead atoms. The number of aryl methyl sites for hydroxylation is 1. The molecule has 0 saturated carbocycles. The highest BCUT2D eigenvalue weighted by atomic mass is 19.1. The number of nitrogens with zero attached hydrogens (tertiary/aromatic N) is 3. The summed E-state index contributed by atoms with van der Waals surface area (Å²) in [5.74, 6) is -0.00411. The van der Waals surface area contributed by atoms with Crippen molar-refractivity contribution in [3.8, 4) is 11.3 Å². The summed E-state index contributed by atoms with van der Waals surface area (Å²) in [6.45, 7) is 2.05. The van der Waals surface area contributed by atoms with Crippen molar-refractivity contribution < 1.29 is 14.0 Å². The van der Waals surface area contributed by atoms with Gasteiger partial charge in [-0.3, -0.25) is 14.7 Å². The molecule has 2 aromatic rings. The van der Waals surface area contributed by atoms with Crippen LogP contribution >= 0.6 is 0 Å². The van der Waals surface area contributed by atoms with Crippen LogP contribution in [0.4, 0.5) is 4.39 Å². The maximum Gasteiger partial charge on any atom is 0.224 e. The molecule has 6 nitrogen and oxygen atoms in total. The van der Waals surface area contributed by atoms with Gasteiger partial charge in [-0.1, -0.05) is 18.6 Å². The lowest BCUT2D eigenvalue weighted by molar-refractivity contribution is -0.132. The minimum Gasteiger partial charge on any atom is -0.346 e. The molecule has 156 valence electrons. The molecule has 1 aliphatic rings. The largest absolute Gasteiger partial charge is 0.346 e. The van der Waals surface area contributed by atoms with E-state index in [1.165, 1.54) is 12.1 Å². The van der Waals surface area contributed by atoms with Crippen LogP contribution in [0.1, 0.15) is 44.2 Å². The van der Waals surface area contributed by atoms with Gasteiger partial charge in [0.2, 0.25) is 11.8 Å². The molecule has 0 atom stereocenters. The molecule has 2 amide bonds. The standard InChI is InChI=1S/C22H29FN4O2/c1-26(21(28)11-14-27-13-6-10-22(27)29)12-4-2-3-9-19-16-20(25-24-19)17-7-5-8-18(23)15-17/h5,7-8,15-16H,2-4,6,9-14H2,1H3,(H,24,25). The van der Waals surface area contributed by atoms with Gasteiger partial charge >= 0.3 is 0 Å². The predicted octanol–water partition coefficient (Wildman–Crippen LogP) is 3.40. The van der Waals surface area contributed by atoms with E-state index < -0.39 is 0 Å². The van der Waals surface area contributed by atoms with Crippen LogP contribution in [0.25, 0.3) is 11.3 Å². The summed E-state index contributed by atoms with van der Waals surface area (Å²) in [5, 5.41) is 7.28. The van der Waals surface area contributed by atoms with E-state index in [1.54, 1.807) is 15.9 Å². The first kappa shape index (κ1) is 21.0. The molecule has 1 aliphatic heterocycles. The number of carbonyl (C=O) groups excluding carboxylic acids is 2. The lowest BCUT2D eigenvalue weighted by Gasteiger charge is -2.20. The van der Waals surface area contributed by atoms with Gasteiger partial charge in [0.1, 0.15) is 5.82 Å². The molecule has 1 N–H and O–H groups in total. The molecule has 1 aromatic heterocycles. The van der Waals surface area contributed by atoms with Gasteiger partial charge in [0.15, 0.2) is 0 Å². The van der Waals surface area contributed by atoms with Crippen molar-refractivity contribution in [2.75, 3.05) is 26.7 Å². The highest BCUT2D eigenvalue weighted by molar-refractivity contribution is 5.80. The van der Waals surface area contributed by atoms with Gasteiger partial charge in [-0.2, -0.15) is 5.10 Å². The SMILES string of the molecule is CN(CCCCCc1cc(-c2cccc(F)c2)n[nH]1)C(=O)CCN1CCCC1=O. The highest BCUT2D eigenvalue weighted by Gasteiger charge is 2.21. The lowest BCUT2D eigenvalue weighted by Crippen LogP contribution is -2.33. The second-order valence-corrected chi connectivity index (χ2v) is 7.65. The van der Waals surface area contributed by atoms with Gasteiger partial charge < -0.3 is 9.80 Å². The first-order chi connectivity index (χ1) is 14.0. The van der Waals surface area contributed by atoms with Crippen LogP contribution in [-0.4, -0.2) is 58.5 Å². The van der Waals surface area contributed by atoms with Crippen LogP contribution in [0.2, 0.25) is 0 Å². The molecule has 1 fully saturated rings. The van der Waals surface area contributed by atoms with Crippen molar-refractivity contribution in [3.05, 3.63) is 41.8 Å². The number of H-pyrrole nitrogens is 1. The maximum absolute atomic E-state index is 13.3. The third-order valence-electron chi connectivity index (χ3n) is 5.38. The fourth-order valence-electron chi connectivity index (χ4n) is 3.61. The Morgan fingerprint density at radius 2 is 2.14 bits per heavy atom. The Balaban J connectivity index is 1.31. The maximum atomic E-state index is 13.3. The van der Waals surface area contributed by atoms with Gasteiger partial charge in [-0.15, -0.1) is 0 Å². The van der Waals surface area contributed by atoms with Gasteiger partial charge in [0.05, 0.1) is 5.69 Å². The van der Waals surface area contributed by atoms with Crippen molar-refractivity contribution in [2.45, 2.75) is 44.9 Å². The second-order valence-electron chi connectivity index (χ2n) is 7.65. The molecule has 0 aliphatic carbocycles. The van der Waals surface area contributed by atoms with Crippen LogP contribution in [0.15, 0.2) is 30.3 Å². The number of aromatic amines is 1. The molecule has 1 aromatic carbocycles. The fourth-order valence-corrected chi connectivity index (χ4v) is 3.61. The Morgan fingerprint density at radius 1 is 1.28 bits per heavy atom. The van der Waals surface area contributed by atoms with Gasteiger partial charge in [-0.05, 0) is 43.9 Å². The molecule has 0 spiro atoms. The van der Waals surface area contributed by atoms with Crippen molar-refractivity contribution in [1.29, 1.82) is 0 Å². The Labute approximate surface area is 171 Å². The number of nitrogens with one attached hydrogen (secondary N) is 1. The minimum absolute atomic E-state index is 0.0954. The van der Waals surface area contributed by atoms with E-state index >= 15 is 0 Å². The van der Waals surface area contributed by atoms with E-state index in [-0.39, 0.29) is 17.6 Å². The number of hydrogen-bond donors (Lipinski definition) is 1. The first-order valence-electron chi connectivity index (χ1n) is 10.3. The fraction of sp³-hybridized carbons (Fsp3) is 0.500. The van der Waals surface area contributed by atoms with Crippen molar-refractivity contribution >= 4 is 11.8 Å². The van der Waals surface area contributed by atoms with Crippen LogP contribution in [0.3, 0.4) is 0 Å². The first-order valence-corrected chi connectivity index (χ1v) is 10.3. The smallest absolute Gasteiger partial charge is 0.224 e. The van der Waals surface area contributed by atoms with E-state index in [0.29, 0.717) is 19.4 Å². The summed E-state index contributed by atoms with van der Waals surface area (Å²) >= 11 is 0. The molecule has 0 radical (unpaired) electrons. The zero-order chi connectivity index (χ0) is 20.6. The molecular weight excluding hydrogens is 371 g/mol. The van der Waals surface area contributed by atoms with Crippen molar-refractivity contribution in [3.63, 3.8) is 0 Å². The number of rotatable bonds is 10. The summed E-state index contributed by atoms with van der Waals surface area (Å²) in [4.78, 5) is 27.3. The summed E-state index contributed by atoms with van der Waals surface area (Å²) < 4.78 is 13.3. The summed E-state index contributed by atoms with van der Waals surface area (Å²) in [6, 6.07) is 8.39. The Morgan fingerprint density at radius 3 is 2.90 bits per heavy atom. The molecule has 7 heteroatoms. The van der Waals surface area contributed by atoms with Crippen LogP contribution in [-0.2, 0) is 16.0 Å². The average molecular weight is 400 g/mol. The molecule has 1 saturated heterocycles. The monoisotopic (exact) mass is 400 g/mol. The van der Waals surface area contributed by atoms with Crippen molar-refractivity contribution in [2.24, 2.45) is 0 Å². The Bertz CT molecular complexity index is 836. The predicted molar refractivity (Wildman–Crippen MR) is 110 cm³/mol. The van der Waals surface area contributed by atoms with E-state index in [4.69, 9.17) is 0 Å². The van der Waals surface area contributed by atoms with E-state index in [2.05, 4.69) is 10.2 Å². The summed E-state index contributed by atoms with van der Waals surface area (Å²) in [6.07, 6.45) is 5.74. The summed E-state index contributed by atoms with van der Waals surface area (Å²) in [7, 11) is 1.83. The lowest BCUT2D eigenvalue weighted by atomic mass is 10.1. The van der Waals surface area contributed by atoms with Crippen molar-refractivity contribution in [1.82, 2.24) is 20.0 Å². The Hall–Kier alpha value is -2.70. The number of carbonyl (C=O) groups is 2. The molecule has 29 heavy (non-hydrogen) atoms. The van der Waals surface area contributed by atoms with Gasteiger partial charge in [0.25, 0.3) is 0 Å². The number of benzene rings is 1. The van der Waals surface area contributed by atoms with E-state index in [1.807, 2.05) is 19.2 Å². The zero-order valence-corrected chi connectivity index (χ0v) is 17.0. The van der Waals surface area contributed by atoms with E-state index in [9.17, 15) is 14.0 Å². The normalized spacial score (nSPS) is 13.9. The summed E-state index contributed by atoms with van der Waals surface area (Å²) in [5.41, 5.74) is 2.55. The molecular formula is C22H29FN4O2. The number of unbranched alkanes of at least 4 members (excludes halogenated alkanes) is 2. The molecule has 2 heterocycles. The van der Waals surface area contributed by atoms with Gasteiger partial charge in [-0.25, -0.2) is 4.39 Å². The number of amides is 2. The molecule has 0 unspecified atom stereocenters. The van der Waals surface area contributed by atoms with Gasteiger partial charge in [0, 0.05) is 50.8 Å². The average Bonchev–Trinajstić information content (AvgIpc) is 3.34. The van der Waals surface area contributed by atoms with E-state index in [0.717, 1.165) is 62.1 Å². The van der Waals surface area contributed by atoms with Crippen LogP contribution in [0, 0.1) is 5.82 Å². The number of likely N-dealkylation sites (tertiary alicyclic amines) is 1. The van der Waals surface area contributed by atoms with Crippen LogP contribution in [0.5, 0.6) is 0 Å². The quantitative estimate of drug-likeness (QED) is 0.622. The third-order valence-corrected chi connectivity index (χ3v) is 5.38. The topological polar surface area (TPSA) is 69.3 Å². The number of aromatic nitrogens is 2. The minimum atomic E-state index is -0.266. The van der Waals surface area contributed by atoms with Crippen LogP contribution < -0.4 is 0 Å². The number of hydrogen-bond acceptors (Lipinski definition) is 3. The third kappa shape index (κ3) is 6.14. The number of halogens is 1. The Kier molecular flexibility index (Phi) is 7.38. The zero-order valence-electron chi connectivity index (χ0n) is 17.0. The molecule has 3 rings (SSSR count).